The number of aliphatic hydroxyl groups is 3. The molecule has 22 nitrogen and oxygen atoms in total. The Morgan fingerprint density at radius 1 is 0.563 bits per heavy atom. The van der Waals surface area contributed by atoms with Crippen LogP contribution in [0.3, 0.4) is 0 Å². The average molecular weight is 1510 g/mol. The van der Waals surface area contributed by atoms with Gasteiger partial charge < -0.3 is 116 Å². The molecule has 0 spiro atoms. The van der Waals surface area contributed by atoms with Gasteiger partial charge in [-0.2, -0.15) is 0 Å². The van der Waals surface area contributed by atoms with E-state index in [1.54, 1.807) is 23.5 Å². The Morgan fingerprint density at radius 3 is 1.18 bits per heavy atom. The molecule has 0 aromatic rings. The Labute approximate surface area is 621 Å². The summed E-state index contributed by atoms with van der Waals surface area (Å²) in [4.78, 5) is 64.4. The van der Waals surface area contributed by atoms with E-state index < -0.39 is 13.0 Å². The van der Waals surface area contributed by atoms with E-state index in [1.807, 2.05) is 32.3 Å². The number of halogens is 2. The molecular formula is C57H125B3Cl2N10O12Y3-6. The van der Waals surface area contributed by atoms with Gasteiger partial charge in [0.15, 0.2) is 5.97 Å². The molecule has 2 amide bonds. The number of β-amino-alcohol motifs (C(OH)–C–C–N with tert-alkyl or cyclic N) is 3. The zero-order chi connectivity index (χ0) is 58.0. The predicted molar refractivity (Wildman–Crippen MR) is 357 cm³/mol. The van der Waals surface area contributed by atoms with Crippen molar-refractivity contribution in [1.29, 1.82) is 0 Å². The van der Waals surface area contributed by atoms with E-state index >= 15 is 0 Å². The number of carboxylic acid groups (broad SMARTS) is 1. The van der Waals surface area contributed by atoms with Crippen molar-refractivity contribution >= 4 is 75.3 Å². The Balaban J connectivity index is -0.0000000648. The number of nitrogens with zero attached hydrogens (tertiary/aromatic N) is 8. The molecule has 0 aliphatic carbocycles. The van der Waals surface area contributed by atoms with Crippen LogP contribution in [0, 0.1) is 60.8 Å². The van der Waals surface area contributed by atoms with Crippen molar-refractivity contribution < 1.29 is 158 Å². The van der Waals surface area contributed by atoms with Crippen LogP contribution < -0.4 is 10.6 Å². The fourth-order valence-corrected chi connectivity index (χ4v) is 10.6. The van der Waals surface area contributed by atoms with Crippen LogP contribution in [0.15, 0.2) is 5.11 Å². The van der Waals surface area contributed by atoms with E-state index in [0.29, 0.717) is 56.5 Å². The molecule has 7 aliphatic heterocycles. The Hall–Kier alpha value is 0.316. The second-order valence-corrected chi connectivity index (χ2v) is 21.9. The minimum atomic E-state index is -1.08. The fourth-order valence-electron chi connectivity index (χ4n) is 10.6. The largest absolute Gasteiger partial charge is 0.503 e. The molecule has 7 fully saturated rings. The van der Waals surface area contributed by atoms with Gasteiger partial charge in [0.2, 0.25) is 0 Å². The van der Waals surface area contributed by atoms with Crippen molar-refractivity contribution in [2.24, 2.45) is 22.9 Å². The molecule has 0 unspecified atom stereocenters. The zero-order valence-electron chi connectivity index (χ0n) is 53.3. The molecule has 9 N–H and O–H groups in total. The fraction of sp³-hybridized carbons (Fsp3) is 0.807. The molecule has 14 atom stereocenters. The summed E-state index contributed by atoms with van der Waals surface area (Å²) in [5, 5.41) is 71.8. The first kappa shape index (κ1) is 118. The van der Waals surface area contributed by atoms with Gasteiger partial charge in [-0.25, -0.2) is 0 Å². The van der Waals surface area contributed by atoms with Crippen molar-refractivity contribution in [2.45, 2.75) is 237 Å². The molecular weight excluding hydrogens is 1390 g/mol. The number of aliphatic hydroxyl groups excluding tert-OH is 3. The molecule has 0 saturated carbocycles. The number of azide groups is 1. The molecule has 7 rings (SSSR count). The third kappa shape index (κ3) is 49.5. The number of hydrogen-bond acceptors (Lipinski definition) is 17. The van der Waals surface area contributed by atoms with E-state index in [-0.39, 0.29) is 261 Å². The van der Waals surface area contributed by atoms with E-state index in [1.165, 1.54) is 19.8 Å². The van der Waals surface area contributed by atoms with E-state index in [2.05, 4.69) is 92.6 Å². The second-order valence-electron chi connectivity index (χ2n) is 21.9. The molecule has 7 aliphatic rings. The number of rotatable bonds is 7. The quantitative estimate of drug-likeness (QED) is 0.0406. The third-order valence-electron chi connectivity index (χ3n) is 14.3. The molecule has 513 valence electrons. The van der Waals surface area contributed by atoms with Crippen LogP contribution in [0.25, 0.3) is 10.4 Å². The maximum absolute atomic E-state index is 11.2. The van der Waals surface area contributed by atoms with Gasteiger partial charge in [-0.3, -0.25) is 21.3 Å². The molecule has 0 aromatic heterocycles. The zero-order valence-corrected chi connectivity index (χ0v) is 63.5. The standard InChI is InChI=1S/C8H16BNO2.C8H18BNO.C7H16BNO.C7H11N4O.C7H12NO2.C6H11NO2.C5H11NO.C2H3O2.4CH4.3CH3.2ClH.3Y/c1-6-4-8(7(2)11)10(5-6)9(3)12;1-4-8-5-7(2)6-10(8)9(3)11;1-6-4-7(2)9(5-6)8(3)10;1-5-3-7(9-10-8)4-11(5)6(2)12;1-5-3-7(10)4-8(5)6(2)9;1-4(8)6-2-5(9)3-7-6;1-4-2-5(7)3-6-4;1-2(3)4;;;;;;;;;;;;/h6,8,12H,4-5H2,1-3H3;7-8,11H,4-6H2,1-3H3;6-7,10H,4-5H2,1-3H3;5,7H,2-4H2,1H3;5,7,10H,2-4H2,1H3;5-7,9H,2-3H2,1H3;4-7H,2-3H2,1H3;1H2,(H,3,4);4*1H4;3*1H3;2*1H;;;/q;;;2*-1;;;-1;;;;;3*-1;;;;;/t6-,8+;7-,8-;6-,7-;5-,7+;5-,7-;5-,6+;4-,5-;;;;;;;;;;;;;/m1111111............./s1. The van der Waals surface area contributed by atoms with Crippen LogP contribution in [0.2, 0.25) is 20.5 Å². The van der Waals surface area contributed by atoms with Gasteiger partial charge in [0.1, 0.15) is 11.6 Å². The monoisotopic (exact) mass is 1510 g/mol. The number of likely N-dealkylation sites (tertiary alicyclic amines) is 2. The number of aliphatic carboxylic acids is 1. The summed E-state index contributed by atoms with van der Waals surface area (Å²) in [6.45, 7) is 39.8. The van der Waals surface area contributed by atoms with Crippen molar-refractivity contribution in [3.63, 3.8) is 0 Å². The third-order valence-corrected chi connectivity index (χ3v) is 14.3. The number of hydrogen-bond donors (Lipinski definition) is 9. The number of carbonyl (C=O) groups is 5. The maximum atomic E-state index is 11.2. The number of Topliss-reactive ketones (excluding diaryl/α,β-unsaturated/α-hetero) is 2. The molecule has 0 aromatic carbocycles. The molecule has 7 heterocycles. The molecule has 0 bridgehead atoms. The number of nitrogens with one attached hydrogen (secondary N) is 2. The SMILES string of the molecule is C.C.C.C.CB(O)N1C[C@H](C)C[C@H]1C.CB(O)N1C[C@H](C)C[C@H]1C(C)=O.CC(=O)[C@@H]1C[C@@H](O)CN1.CC[C@@H]1C[C@@H](C)CN1B(C)O.C[C@@H]1C[C@@H](O)CN1.Cl.Cl.[CH2-]C(=O)N1C[C@@H](N=[N+]=[N-])C[C@H]1C.[CH2-]C(=O)N1C[C@H](O)C[C@H]1C.[CH2-]C(=O)O.[CH3-].[CH3-].[CH3-].[Y].[Y].[Y]. The van der Waals surface area contributed by atoms with Gasteiger partial charge in [0.25, 0.3) is 0 Å². The normalized spacial score (nSPS) is 27.3. The maximum Gasteiger partial charge on any atom is 0.377 e. The number of ketones is 2. The molecule has 30 heteroatoms. The van der Waals surface area contributed by atoms with Crippen molar-refractivity contribution in [1.82, 2.24) is 34.9 Å². The smallest absolute Gasteiger partial charge is 0.377 e. The minimum absolute atomic E-state index is 0. The van der Waals surface area contributed by atoms with Crippen LogP contribution in [-0.4, -0.2) is 223 Å². The van der Waals surface area contributed by atoms with E-state index in [0.717, 1.165) is 63.7 Å². The van der Waals surface area contributed by atoms with Crippen LogP contribution in [0.4, 0.5) is 0 Å². The number of carbonyl (C=O) groups excluding carboxylic acids is 4. The summed E-state index contributed by atoms with van der Waals surface area (Å²) in [6.07, 6.45) is 6.69. The Bertz CT molecular complexity index is 1770. The number of amides is 2. The summed E-state index contributed by atoms with van der Waals surface area (Å²) in [7, 11) is -1.02. The van der Waals surface area contributed by atoms with Gasteiger partial charge in [-0.1, -0.05) is 69.4 Å². The van der Waals surface area contributed by atoms with Crippen molar-refractivity contribution in [3.8, 4) is 0 Å². The van der Waals surface area contributed by atoms with Crippen molar-refractivity contribution in [3.05, 3.63) is 53.5 Å². The van der Waals surface area contributed by atoms with Crippen LogP contribution >= 0.6 is 24.8 Å². The van der Waals surface area contributed by atoms with Gasteiger partial charge in [-0.15, -0.1) is 24.8 Å². The average Bonchev–Trinajstić information content (AvgIpc) is 4.18. The van der Waals surface area contributed by atoms with Crippen LogP contribution in [0.5, 0.6) is 0 Å². The first-order valence-electron chi connectivity index (χ1n) is 26.9. The van der Waals surface area contributed by atoms with Gasteiger partial charge in [0.05, 0.1) is 48.3 Å². The topological polar surface area (TPSA) is 316 Å². The summed E-state index contributed by atoms with van der Waals surface area (Å²) in [6, 6.07) is 1.77. The first-order chi connectivity index (χ1) is 34.8. The van der Waals surface area contributed by atoms with Gasteiger partial charge in [0, 0.05) is 153 Å². The summed E-state index contributed by atoms with van der Waals surface area (Å²) >= 11 is 0. The van der Waals surface area contributed by atoms with E-state index in [9.17, 15) is 34.3 Å². The van der Waals surface area contributed by atoms with Crippen molar-refractivity contribution in [2.75, 3.05) is 45.8 Å². The number of carboxylic acids is 1. The molecule has 3 radical (unpaired) electrons. The van der Waals surface area contributed by atoms with Crippen LogP contribution in [-0.2, 0) is 122 Å². The first-order valence-corrected chi connectivity index (χ1v) is 26.9. The van der Waals surface area contributed by atoms with Crippen LogP contribution in [0.1, 0.15) is 150 Å². The van der Waals surface area contributed by atoms with Gasteiger partial charge in [-0.05, 0) is 155 Å². The van der Waals surface area contributed by atoms with Gasteiger partial charge >= 0.3 is 21.2 Å². The Kier molecular flexibility index (Phi) is 84.5. The second kappa shape index (κ2) is 62.4. The summed E-state index contributed by atoms with van der Waals surface area (Å²) in [5.41, 5.74) is 8.18. The molecule has 87 heavy (non-hydrogen) atoms. The summed E-state index contributed by atoms with van der Waals surface area (Å²) in [5.74, 6) is 0.849. The van der Waals surface area contributed by atoms with E-state index in [4.69, 9.17) is 30.8 Å². The summed E-state index contributed by atoms with van der Waals surface area (Å²) < 4.78 is 0. The Morgan fingerprint density at radius 2 is 0.954 bits per heavy atom. The predicted octanol–water partition coefficient (Wildman–Crippen LogP) is 7.03. The molecule has 7 saturated heterocycles. The minimum Gasteiger partial charge on any atom is -0.503 e.